The molecule has 1 aliphatic heterocycles. The summed E-state index contributed by atoms with van der Waals surface area (Å²) in [6, 6.07) is 10.4. The van der Waals surface area contributed by atoms with E-state index in [0.717, 1.165) is 24.1 Å². The van der Waals surface area contributed by atoms with Crippen molar-refractivity contribution in [3.63, 3.8) is 0 Å². The fraction of sp³-hybridized carbons (Fsp3) is 0.381. The summed E-state index contributed by atoms with van der Waals surface area (Å²) in [4.78, 5) is 14.0. The summed E-state index contributed by atoms with van der Waals surface area (Å²) in [6.07, 6.45) is 2.19. The van der Waals surface area contributed by atoms with Gasteiger partial charge < -0.3 is 14.4 Å². The molecule has 3 rings (SSSR count). The number of carbonyl (C=O) groups excluding carboxylic acids is 1. The first kappa shape index (κ1) is 21.0. The first-order valence-corrected chi connectivity index (χ1v) is 11.2. The van der Waals surface area contributed by atoms with Gasteiger partial charge in [-0.1, -0.05) is 19.1 Å². The zero-order chi connectivity index (χ0) is 21.0. The van der Waals surface area contributed by atoms with Crippen LogP contribution in [0.15, 0.2) is 36.4 Å². The minimum absolute atomic E-state index is 0.0382. The van der Waals surface area contributed by atoms with Crippen LogP contribution in [0.5, 0.6) is 11.5 Å². The van der Waals surface area contributed by atoms with Crippen molar-refractivity contribution in [2.24, 2.45) is 0 Å². The number of benzene rings is 2. The van der Waals surface area contributed by atoms with Crippen LogP contribution in [0.25, 0.3) is 0 Å². The normalized spacial score (nSPS) is 13.6. The summed E-state index contributed by atoms with van der Waals surface area (Å²) in [5.74, 6) is 0.846. The molecule has 0 spiro atoms. The molecule has 0 aliphatic carbocycles. The Kier molecular flexibility index (Phi) is 6.32. The molecule has 29 heavy (non-hydrogen) atoms. The molecule has 0 atom stereocenters. The molecule has 156 valence electrons. The second kappa shape index (κ2) is 8.73. The van der Waals surface area contributed by atoms with Crippen LogP contribution in [0.3, 0.4) is 0 Å². The SMILES string of the molecule is CCC(=O)N1CCCc2ccc(NS(=O)(=O)Cc3ccc(OC)c(OC)c3)cc21. The topological polar surface area (TPSA) is 84.9 Å². The summed E-state index contributed by atoms with van der Waals surface area (Å²) >= 11 is 0. The van der Waals surface area contributed by atoms with Crippen molar-refractivity contribution in [3.05, 3.63) is 47.5 Å². The Morgan fingerprint density at radius 3 is 2.55 bits per heavy atom. The number of hydrogen-bond donors (Lipinski definition) is 1. The van der Waals surface area contributed by atoms with Gasteiger partial charge in [-0.25, -0.2) is 8.42 Å². The second-order valence-corrected chi connectivity index (χ2v) is 8.62. The van der Waals surface area contributed by atoms with Crippen molar-refractivity contribution in [3.8, 4) is 11.5 Å². The number of sulfonamides is 1. The highest BCUT2D eigenvalue weighted by atomic mass is 32.2. The number of anilines is 2. The lowest BCUT2D eigenvalue weighted by Gasteiger charge is -2.29. The van der Waals surface area contributed by atoms with Crippen LogP contribution in [-0.2, 0) is 27.0 Å². The van der Waals surface area contributed by atoms with E-state index in [0.29, 0.717) is 35.7 Å². The molecule has 1 amide bonds. The summed E-state index contributed by atoms with van der Waals surface area (Å²) in [5.41, 5.74) is 2.87. The summed E-state index contributed by atoms with van der Waals surface area (Å²) in [7, 11) is -0.621. The second-order valence-electron chi connectivity index (χ2n) is 6.90. The summed E-state index contributed by atoms with van der Waals surface area (Å²) in [6.45, 7) is 2.48. The van der Waals surface area contributed by atoms with Crippen LogP contribution in [0.4, 0.5) is 11.4 Å². The van der Waals surface area contributed by atoms with E-state index in [1.54, 1.807) is 35.2 Å². The Hall–Kier alpha value is -2.74. The van der Waals surface area contributed by atoms with Gasteiger partial charge in [0.25, 0.3) is 0 Å². The van der Waals surface area contributed by atoms with Crippen LogP contribution in [0.1, 0.15) is 30.9 Å². The molecule has 1 N–H and O–H groups in total. The monoisotopic (exact) mass is 418 g/mol. The highest BCUT2D eigenvalue weighted by molar-refractivity contribution is 7.91. The Morgan fingerprint density at radius 1 is 1.10 bits per heavy atom. The van der Waals surface area contributed by atoms with Crippen LogP contribution in [0, 0.1) is 0 Å². The van der Waals surface area contributed by atoms with Gasteiger partial charge in [0.1, 0.15) is 0 Å². The molecule has 2 aromatic carbocycles. The molecule has 0 radical (unpaired) electrons. The van der Waals surface area contributed by atoms with Gasteiger partial charge in [0.2, 0.25) is 15.9 Å². The molecule has 1 heterocycles. The zero-order valence-electron chi connectivity index (χ0n) is 16.9. The van der Waals surface area contributed by atoms with Crippen LogP contribution < -0.4 is 19.1 Å². The molecular formula is C21H26N2O5S. The van der Waals surface area contributed by atoms with Gasteiger partial charge in [-0.05, 0) is 48.2 Å². The van der Waals surface area contributed by atoms with E-state index < -0.39 is 10.0 Å². The van der Waals surface area contributed by atoms with Gasteiger partial charge in [0.05, 0.1) is 25.7 Å². The number of rotatable bonds is 7. The fourth-order valence-corrected chi connectivity index (χ4v) is 4.67. The Balaban J connectivity index is 1.81. The van der Waals surface area contributed by atoms with Crippen molar-refractivity contribution >= 4 is 27.3 Å². The van der Waals surface area contributed by atoms with Crippen LogP contribution in [-0.4, -0.2) is 35.1 Å². The number of nitrogens with zero attached hydrogens (tertiary/aromatic N) is 1. The molecule has 7 nitrogen and oxygen atoms in total. The smallest absolute Gasteiger partial charge is 0.236 e. The number of aryl methyl sites for hydroxylation is 1. The van der Waals surface area contributed by atoms with Gasteiger partial charge >= 0.3 is 0 Å². The lowest BCUT2D eigenvalue weighted by molar-refractivity contribution is -0.118. The molecule has 0 aromatic heterocycles. The highest BCUT2D eigenvalue weighted by Gasteiger charge is 2.22. The molecule has 1 aliphatic rings. The Labute approximate surface area is 171 Å². The fourth-order valence-electron chi connectivity index (χ4n) is 3.49. The zero-order valence-corrected chi connectivity index (χ0v) is 17.7. The molecule has 0 bridgehead atoms. The van der Waals surface area contributed by atoms with E-state index in [-0.39, 0.29) is 11.7 Å². The maximum absolute atomic E-state index is 12.7. The largest absolute Gasteiger partial charge is 0.493 e. The van der Waals surface area contributed by atoms with Gasteiger partial charge in [-0.2, -0.15) is 0 Å². The third-order valence-corrected chi connectivity index (χ3v) is 6.15. The maximum Gasteiger partial charge on any atom is 0.236 e. The average Bonchev–Trinajstić information content (AvgIpc) is 2.71. The molecule has 0 fully saturated rings. The van der Waals surface area contributed by atoms with E-state index in [1.165, 1.54) is 14.2 Å². The first-order valence-electron chi connectivity index (χ1n) is 9.51. The number of amides is 1. The minimum atomic E-state index is -3.65. The predicted octanol–water partition coefficient (Wildman–Crippen LogP) is 3.33. The molecule has 0 saturated carbocycles. The van der Waals surface area contributed by atoms with E-state index in [1.807, 2.05) is 13.0 Å². The van der Waals surface area contributed by atoms with Crippen molar-refractivity contribution in [2.75, 3.05) is 30.4 Å². The number of hydrogen-bond acceptors (Lipinski definition) is 5. The standard InChI is InChI=1S/C21H26N2O5S/c1-4-21(24)23-11-5-6-16-8-9-17(13-18(16)23)22-29(25,26)14-15-7-10-19(27-2)20(12-15)28-3/h7-10,12-13,22H,4-6,11,14H2,1-3H3. The summed E-state index contributed by atoms with van der Waals surface area (Å²) < 4.78 is 38.4. The van der Waals surface area contributed by atoms with Crippen molar-refractivity contribution < 1.29 is 22.7 Å². The third kappa shape index (κ3) is 4.82. The third-order valence-electron chi connectivity index (χ3n) is 4.89. The average molecular weight is 419 g/mol. The predicted molar refractivity (Wildman–Crippen MR) is 113 cm³/mol. The maximum atomic E-state index is 12.7. The van der Waals surface area contributed by atoms with Gasteiger partial charge in [-0.15, -0.1) is 0 Å². The van der Waals surface area contributed by atoms with Crippen LogP contribution >= 0.6 is 0 Å². The van der Waals surface area contributed by atoms with Gasteiger partial charge in [0.15, 0.2) is 11.5 Å². The lowest BCUT2D eigenvalue weighted by Crippen LogP contribution is -2.35. The number of methoxy groups -OCH3 is 2. The number of carbonyl (C=O) groups is 1. The van der Waals surface area contributed by atoms with Crippen molar-refractivity contribution in [2.45, 2.75) is 31.9 Å². The highest BCUT2D eigenvalue weighted by Crippen LogP contribution is 2.32. The summed E-state index contributed by atoms with van der Waals surface area (Å²) in [5, 5.41) is 0. The molecular weight excluding hydrogens is 392 g/mol. The Morgan fingerprint density at radius 2 is 1.86 bits per heavy atom. The number of fused-ring (bicyclic) bond motifs is 1. The molecule has 2 aromatic rings. The number of ether oxygens (including phenoxy) is 2. The van der Waals surface area contributed by atoms with E-state index in [9.17, 15) is 13.2 Å². The van der Waals surface area contributed by atoms with E-state index in [2.05, 4.69) is 4.72 Å². The lowest BCUT2D eigenvalue weighted by atomic mass is 10.0. The van der Waals surface area contributed by atoms with Gasteiger partial charge in [0, 0.05) is 18.7 Å². The first-order chi connectivity index (χ1) is 13.9. The number of nitrogens with one attached hydrogen (secondary N) is 1. The minimum Gasteiger partial charge on any atom is -0.493 e. The van der Waals surface area contributed by atoms with Crippen LogP contribution in [0.2, 0.25) is 0 Å². The Bertz CT molecular complexity index is 1000. The van der Waals surface area contributed by atoms with Crippen molar-refractivity contribution in [1.82, 2.24) is 0 Å². The van der Waals surface area contributed by atoms with E-state index >= 15 is 0 Å². The molecule has 8 heteroatoms. The molecule has 0 unspecified atom stereocenters. The van der Waals surface area contributed by atoms with Gasteiger partial charge in [-0.3, -0.25) is 9.52 Å². The quantitative estimate of drug-likeness (QED) is 0.745. The molecule has 0 saturated heterocycles. The van der Waals surface area contributed by atoms with E-state index in [4.69, 9.17) is 9.47 Å². The van der Waals surface area contributed by atoms with Crippen molar-refractivity contribution in [1.29, 1.82) is 0 Å².